The molecule has 0 aromatic carbocycles. The second kappa shape index (κ2) is 11.0. The van der Waals surface area contributed by atoms with E-state index in [9.17, 15) is 19.3 Å². The van der Waals surface area contributed by atoms with Crippen LogP contribution in [-0.2, 0) is 37.2 Å². The van der Waals surface area contributed by atoms with Crippen molar-refractivity contribution in [1.82, 2.24) is 38.2 Å². The Morgan fingerprint density at radius 2 is 1.50 bits per heavy atom. The molecule has 4 aromatic rings. The van der Waals surface area contributed by atoms with E-state index in [-0.39, 0.29) is 47.1 Å². The van der Waals surface area contributed by atoms with Crippen molar-refractivity contribution in [1.29, 1.82) is 0 Å². The lowest BCUT2D eigenvalue weighted by Crippen LogP contribution is -2.38. The van der Waals surface area contributed by atoms with E-state index in [2.05, 4.69) is 44.8 Å². The number of aromatic nitrogens is 8. The fraction of sp³-hybridized carbons (Fsp3) is 0.583. The minimum absolute atomic E-state index is 0.0328. The number of alkyl halides is 1. The summed E-state index contributed by atoms with van der Waals surface area (Å²) in [5.41, 5.74) is -0.966. The zero-order chi connectivity index (χ0) is 31.1. The first-order valence-corrected chi connectivity index (χ1v) is 16.9. The van der Waals surface area contributed by atoms with Gasteiger partial charge in [0.2, 0.25) is 0 Å². The number of halogens is 1. The van der Waals surface area contributed by atoms with E-state index in [1.54, 1.807) is 11.6 Å². The van der Waals surface area contributed by atoms with Gasteiger partial charge in [-0.1, -0.05) is 12.2 Å². The number of aliphatic hydroxyl groups excluding tert-OH is 1. The summed E-state index contributed by atoms with van der Waals surface area (Å²) in [4.78, 5) is 41.9. The highest BCUT2D eigenvalue weighted by molar-refractivity contribution is 8.44. The fourth-order valence-electron chi connectivity index (χ4n) is 6.10. The van der Waals surface area contributed by atoms with Crippen LogP contribution in [0.25, 0.3) is 22.3 Å². The molecule has 20 heteroatoms. The van der Waals surface area contributed by atoms with Gasteiger partial charge in [-0.15, -0.1) is 12.6 Å². The summed E-state index contributed by atoms with van der Waals surface area (Å²) in [5, 5.41) is 11.3. The lowest BCUT2D eigenvalue weighted by atomic mass is 10.1. The maximum Gasteiger partial charge on any atom is 0.386 e. The lowest BCUT2D eigenvalue weighted by molar-refractivity contribution is -0.0800. The Labute approximate surface area is 258 Å². The molecule has 2 bridgehead atoms. The first-order chi connectivity index (χ1) is 20.9. The van der Waals surface area contributed by atoms with E-state index in [1.165, 1.54) is 46.1 Å². The molecule has 1 N–H and O–H groups in total. The van der Waals surface area contributed by atoms with Gasteiger partial charge >= 0.3 is 6.80 Å². The first-order valence-electron chi connectivity index (χ1n) is 13.7. The Hall–Kier alpha value is -2.64. The second-order valence-corrected chi connectivity index (χ2v) is 14.5. The maximum absolute atomic E-state index is 16.1. The average molecular weight is 671 g/mol. The minimum atomic E-state index is -4.32. The quantitative estimate of drug-likeness (QED) is 0.204. The number of aliphatic hydroxyl groups is 1. The van der Waals surface area contributed by atoms with Gasteiger partial charge in [0.25, 0.3) is 11.1 Å². The zero-order valence-electron chi connectivity index (χ0n) is 23.2. The summed E-state index contributed by atoms with van der Waals surface area (Å²) in [5.74, 6) is 0. The van der Waals surface area contributed by atoms with E-state index in [0.29, 0.717) is 0 Å². The van der Waals surface area contributed by atoms with Crippen LogP contribution in [-0.4, -0.2) is 85.4 Å². The number of rotatable bonds is 2. The monoisotopic (exact) mass is 670 g/mol. The van der Waals surface area contributed by atoms with Crippen LogP contribution in [0.2, 0.25) is 0 Å². The standard InChI is InChI=1S/C24H28FN8O8PS2/c1-30-6-28-20-15(22(30)35)26-8-32(20)10-5-12-17(34)18(10)39-13(43)4-3-11-19(41-42(37,44)40-12)14(25)24(38-11)33-9-27-16-21(33)29-7-31(2)23(16)36/h6-14,17-19,24,34,43H,3-5H2,1-2H3,(H,37,44)/t10-,11-,12+,13?,14-,17-,18+,19-,24-,42?/m1/s1. The van der Waals surface area contributed by atoms with Gasteiger partial charge in [0.15, 0.2) is 34.7 Å². The van der Waals surface area contributed by atoms with Gasteiger partial charge in [-0.05, 0) is 12.8 Å². The van der Waals surface area contributed by atoms with Gasteiger partial charge in [0.1, 0.15) is 23.7 Å². The number of hydrogen-bond donors (Lipinski definition) is 3. The van der Waals surface area contributed by atoms with Gasteiger partial charge < -0.3 is 28.3 Å². The Morgan fingerprint density at radius 3 is 2.16 bits per heavy atom. The summed E-state index contributed by atoms with van der Waals surface area (Å²) in [6, 6.07) is -0.646. The van der Waals surface area contributed by atoms with Gasteiger partial charge in [-0.25, -0.2) is 28.9 Å². The number of thiol groups is 2. The average Bonchev–Trinajstić information content (AvgIpc) is 3.73. The predicted octanol–water partition coefficient (Wildman–Crippen LogP) is 1.06. The summed E-state index contributed by atoms with van der Waals surface area (Å²) in [6.45, 7) is -4.32. The van der Waals surface area contributed by atoms with Crippen molar-refractivity contribution < 1.29 is 32.6 Å². The second-order valence-electron chi connectivity index (χ2n) is 11.1. The molecule has 236 valence electrons. The van der Waals surface area contributed by atoms with Crippen molar-refractivity contribution in [2.75, 3.05) is 0 Å². The summed E-state index contributed by atoms with van der Waals surface area (Å²) in [7, 11) is 3.08. The summed E-state index contributed by atoms with van der Waals surface area (Å²) >= 11 is 8.72. The van der Waals surface area contributed by atoms with Crippen molar-refractivity contribution in [2.45, 2.75) is 73.7 Å². The normalized spacial score (nSPS) is 36.4. The molecule has 7 rings (SSSR count). The third-order valence-corrected chi connectivity index (χ3v) is 10.3. The topological polar surface area (TPSA) is 180 Å². The number of nitrogens with zero attached hydrogens (tertiary/aromatic N) is 8. The van der Waals surface area contributed by atoms with Crippen molar-refractivity contribution >= 4 is 54.0 Å². The van der Waals surface area contributed by atoms with E-state index < -0.39 is 66.8 Å². The number of fused-ring (bicyclic) bond motifs is 5. The van der Waals surface area contributed by atoms with Crippen LogP contribution in [0.3, 0.4) is 0 Å². The molecule has 2 saturated heterocycles. The fourth-order valence-corrected chi connectivity index (χ4v) is 8.24. The Bertz CT molecular complexity index is 1920. The van der Waals surface area contributed by atoms with Crippen molar-refractivity contribution in [3.63, 3.8) is 0 Å². The molecule has 0 amide bonds. The van der Waals surface area contributed by atoms with Crippen LogP contribution in [0.4, 0.5) is 4.39 Å². The molecular weight excluding hydrogens is 642 g/mol. The van der Waals surface area contributed by atoms with Crippen molar-refractivity contribution in [2.24, 2.45) is 14.1 Å². The third-order valence-electron chi connectivity index (χ3n) is 8.29. The SMILES string of the molecule is Cn1cnc2c(ncn2[C@@H]2C[C@@H]3OP(=O)(S)O[C@H]4[C@@H](F)[C@H](n5cnc6c(=O)n(C)cnc65)O[C@@H]4CCC(S)O[C@@H]2[C@@H]3O)c1=O. The smallest absolute Gasteiger partial charge is 0.386 e. The van der Waals surface area contributed by atoms with Crippen molar-refractivity contribution in [3.8, 4) is 0 Å². The van der Waals surface area contributed by atoms with E-state index in [1.807, 2.05) is 0 Å². The van der Waals surface area contributed by atoms with Crippen LogP contribution in [0.5, 0.6) is 0 Å². The zero-order valence-corrected chi connectivity index (χ0v) is 25.9. The molecule has 2 unspecified atom stereocenters. The van der Waals surface area contributed by atoms with E-state index >= 15 is 4.39 Å². The highest BCUT2D eigenvalue weighted by atomic mass is 32.7. The van der Waals surface area contributed by atoms with Gasteiger partial charge in [0, 0.05) is 20.5 Å². The first kappa shape index (κ1) is 30.0. The van der Waals surface area contributed by atoms with E-state index in [4.69, 9.17) is 18.5 Å². The molecule has 16 nitrogen and oxygen atoms in total. The third kappa shape index (κ3) is 4.93. The molecule has 3 aliphatic rings. The van der Waals surface area contributed by atoms with E-state index in [0.717, 1.165) is 0 Å². The van der Waals surface area contributed by atoms with Crippen LogP contribution < -0.4 is 11.1 Å². The highest BCUT2D eigenvalue weighted by Gasteiger charge is 2.53. The van der Waals surface area contributed by atoms with Crippen LogP contribution in [0, 0.1) is 0 Å². The molecule has 44 heavy (non-hydrogen) atoms. The van der Waals surface area contributed by atoms with Crippen LogP contribution in [0.1, 0.15) is 31.5 Å². The Morgan fingerprint density at radius 1 is 0.886 bits per heavy atom. The molecule has 0 radical (unpaired) electrons. The predicted molar refractivity (Wildman–Crippen MR) is 157 cm³/mol. The molecule has 10 atom stereocenters. The van der Waals surface area contributed by atoms with Gasteiger partial charge in [-0.3, -0.25) is 23.2 Å². The van der Waals surface area contributed by atoms with Crippen molar-refractivity contribution in [3.05, 3.63) is 46.0 Å². The number of hydrogen-bond acceptors (Lipinski definition) is 13. The Kier molecular flexibility index (Phi) is 7.52. The number of ether oxygens (including phenoxy) is 2. The maximum atomic E-state index is 16.1. The molecule has 0 spiro atoms. The molecule has 2 aliphatic heterocycles. The molecule has 3 fully saturated rings. The number of aryl methyl sites for hydroxylation is 2. The summed E-state index contributed by atoms with van der Waals surface area (Å²) < 4.78 is 58.9. The lowest BCUT2D eigenvalue weighted by Gasteiger charge is -2.30. The van der Waals surface area contributed by atoms with Crippen LogP contribution >= 0.6 is 31.7 Å². The van der Waals surface area contributed by atoms with Gasteiger partial charge in [0.05, 0.1) is 43.6 Å². The molecule has 1 saturated carbocycles. The number of imidazole rings is 2. The molecule has 1 aliphatic carbocycles. The largest absolute Gasteiger partial charge is 0.388 e. The molecule has 4 aromatic heterocycles. The summed E-state index contributed by atoms with van der Waals surface area (Å²) in [6.07, 6.45) is -3.19. The Balaban J connectivity index is 1.19. The molecular formula is C24H28FN8O8PS2. The van der Waals surface area contributed by atoms with Gasteiger partial charge in [-0.2, -0.15) is 0 Å². The van der Waals surface area contributed by atoms with Crippen LogP contribution in [0.15, 0.2) is 34.9 Å². The molecule has 6 heterocycles. The highest BCUT2D eigenvalue weighted by Crippen LogP contribution is 2.59. The minimum Gasteiger partial charge on any atom is -0.388 e.